The molecule has 6 heteroatoms. The molecule has 0 radical (unpaired) electrons. The van der Waals surface area contributed by atoms with Crippen LogP contribution in [0.2, 0.25) is 5.02 Å². The highest BCUT2D eigenvalue weighted by atomic mass is 35.5. The minimum atomic E-state index is -0.396. The molecule has 4 nitrogen and oxygen atoms in total. The normalized spacial score (nSPS) is 27.1. The summed E-state index contributed by atoms with van der Waals surface area (Å²) in [5.74, 6) is 0. The van der Waals surface area contributed by atoms with Gasteiger partial charge >= 0.3 is 7.12 Å². The van der Waals surface area contributed by atoms with Gasteiger partial charge in [0.25, 0.3) is 0 Å². The molecule has 0 unspecified atom stereocenters. The number of hydrogen-bond donors (Lipinski definition) is 1. The Morgan fingerprint density at radius 2 is 1.82 bits per heavy atom. The molecule has 120 valence electrons. The number of halogens is 1. The third kappa shape index (κ3) is 3.06. The van der Waals surface area contributed by atoms with E-state index >= 15 is 0 Å². The van der Waals surface area contributed by atoms with Crippen LogP contribution in [0.4, 0.5) is 0 Å². The first-order chi connectivity index (χ1) is 10.3. The summed E-state index contributed by atoms with van der Waals surface area (Å²) < 4.78 is 17.8. The second kappa shape index (κ2) is 5.80. The molecule has 2 aliphatic heterocycles. The largest absolute Gasteiger partial charge is 0.494 e. The van der Waals surface area contributed by atoms with Crippen LogP contribution in [0.25, 0.3) is 0 Å². The Morgan fingerprint density at radius 3 is 2.41 bits per heavy atom. The van der Waals surface area contributed by atoms with Gasteiger partial charge in [0.1, 0.15) is 0 Å². The van der Waals surface area contributed by atoms with E-state index in [1.807, 2.05) is 12.1 Å². The number of hydrogen-bond acceptors (Lipinski definition) is 4. The van der Waals surface area contributed by atoms with Gasteiger partial charge in [-0.15, -0.1) is 0 Å². The van der Waals surface area contributed by atoms with Crippen molar-refractivity contribution in [1.82, 2.24) is 5.32 Å². The number of nitrogens with one attached hydrogen (secondary N) is 1. The summed E-state index contributed by atoms with van der Waals surface area (Å²) in [7, 11) is -0.396. The average molecular weight is 324 g/mol. The van der Waals surface area contributed by atoms with E-state index in [4.69, 9.17) is 25.6 Å². The Kier molecular flexibility index (Phi) is 4.29. The quantitative estimate of drug-likeness (QED) is 0.848. The molecule has 2 aliphatic rings. The maximum atomic E-state index is 6.31. The zero-order chi connectivity index (χ0) is 16.0. The van der Waals surface area contributed by atoms with Crippen LogP contribution >= 0.6 is 11.6 Å². The summed E-state index contributed by atoms with van der Waals surface area (Å²) >= 11 is 6.31. The van der Waals surface area contributed by atoms with Crippen LogP contribution in [-0.4, -0.2) is 38.1 Å². The van der Waals surface area contributed by atoms with Crippen molar-refractivity contribution >= 4 is 24.2 Å². The van der Waals surface area contributed by atoms with E-state index in [9.17, 15) is 0 Å². The summed E-state index contributed by atoms with van der Waals surface area (Å²) in [4.78, 5) is 0. The molecule has 0 amide bonds. The Labute approximate surface area is 137 Å². The Bertz CT molecular complexity index is 542. The number of benzene rings is 1. The summed E-state index contributed by atoms with van der Waals surface area (Å²) in [5.41, 5.74) is 1.35. The first-order valence-corrected chi connectivity index (χ1v) is 8.13. The van der Waals surface area contributed by atoms with E-state index in [0.29, 0.717) is 11.6 Å². The zero-order valence-corrected chi connectivity index (χ0v) is 14.4. The number of morpholine rings is 1. The smallest absolute Gasteiger partial charge is 0.399 e. The van der Waals surface area contributed by atoms with Crippen LogP contribution in [0, 0.1) is 0 Å². The predicted octanol–water partition coefficient (Wildman–Crippen LogP) is 2.30. The van der Waals surface area contributed by atoms with Gasteiger partial charge in [0, 0.05) is 11.6 Å². The van der Waals surface area contributed by atoms with Crippen LogP contribution < -0.4 is 10.8 Å². The van der Waals surface area contributed by atoms with Crippen molar-refractivity contribution in [2.24, 2.45) is 0 Å². The summed E-state index contributed by atoms with van der Waals surface area (Å²) in [6.07, 6.45) is 0. The third-order valence-electron chi connectivity index (χ3n) is 4.79. The Hall–Kier alpha value is -0.585. The van der Waals surface area contributed by atoms with Crippen molar-refractivity contribution in [3.05, 3.63) is 28.8 Å². The molecule has 0 bridgehead atoms. The van der Waals surface area contributed by atoms with Crippen LogP contribution in [0.1, 0.15) is 39.3 Å². The highest BCUT2D eigenvalue weighted by molar-refractivity contribution is 6.62. The maximum absolute atomic E-state index is 6.31. The lowest BCUT2D eigenvalue weighted by molar-refractivity contribution is 0.00578. The van der Waals surface area contributed by atoms with Crippen molar-refractivity contribution in [1.29, 1.82) is 0 Å². The fourth-order valence-corrected chi connectivity index (χ4v) is 2.98. The van der Waals surface area contributed by atoms with Gasteiger partial charge < -0.3 is 19.4 Å². The van der Waals surface area contributed by atoms with Crippen molar-refractivity contribution in [2.75, 3.05) is 19.8 Å². The summed E-state index contributed by atoms with van der Waals surface area (Å²) in [5, 5.41) is 4.14. The molecule has 0 spiro atoms. The highest BCUT2D eigenvalue weighted by Crippen LogP contribution is 2.36. The lowest BCUT2D eigenvalue weighted by Gasteiger charge is -2.32. The average Bonchev–Trinajstić information content (AvgIpc) is 2.68. The molecule has 22 heavy (non-hydrogen) atoms. The van der Waals surface area contributed by atoms with Crippen molar-refractivity contribution in [2.45, 2.75) is 44.9 Å². The van der Waals surface area contributed by atoms with Gasteiger partial charge in [-0.2, -0.15) is 0 Å². The van der Waals surface area contributed by atoms with Gasteiger partial charge in [-0.25, -0.2) is 0 Å². The van der Waals surface area contributed by atoms with Gasteiger partial charge in [-0.1, -0.05) is 17.7 Å². The predicted molar refractivity (Wildman–Crippen MR) is 88.7 cm³/mol. The van der Waals surface area contributed by atoms with Crippen molar-refractivity contribution in [3.63, 3.8) is 0 Å². The van der Waals surface area contributed by atoms with Gasteiger partial charge in [-0.3, -0.25) is 0 Å². The van der Waals surface area contributed by atoms with E-state index < -0.39 is 7.12 Å². The van der Waals surface area contributed by atoms with E-state index in [2.05, 4.69) is 39.1 Å². The highest BCUT2D eigenvalue weighted by Gasteiger charge is 2.51. The van der Waals surface area contributed by atoms with E-state index in [0.717, 1.165) is 24.2 Å². The lowest BCUT2D eigenvalue weighted by Crippen LogP contribution is -2.41. The van der Waals surface area contributed by atoms with E-state index in [1.54, 1.807) is 0 Å². The molecule has 2 heterocycles. The minimum Gasteiger partial charge on any atom is -0.399 e. The fourth-order valence-electron chi connectivity index (χ4n) is 2.73. The van der Waals surface area contributed by atoms with E-state index in [1.165, 1.54) is 0 Å². The SMILES string of the molecule is CC1(C)OB(c2cc(Cl)cc([C@@H]3COCCN3)c2)OC1(C)C. The van der Waals surface area contributed by atoms with Gasteiger partial charge in [0.05, 0.1) is 30.5 Å². The molecule has 1 aromatic rings. The molecule has 1 N–H and O–H groups in total. The summed E-state index contributed by atoms with van der Waals surface area (Å²) in [6, 6.07) is 6.15. The van der Waals surface area contributed by atoms with Crippen LogP contribution in [0.5, 0.6) is 0 Å². The second-order valence-corrected chi connectivity index (χ2v) is 7.42. The molecule has 3 rings (SSSR count). The molecule has 1 atom stereocenters. The van der Waals surface area contributed by atoms with Gasteiger partial charge in [0.15, 0.2) is 0 Å². The number of ether oxygens (including phenoxy) is 1. The number of rotatable bonds is 2. The molecule has 1 aromatic carbocycles. The topological polar surface area (TPSA) is 39.7 Å². The first kappa shape index (κ1) is 16.3. The van der Waals surface area contributed by atoms with E-state index in [-0.39, 0.29) is 17.2 Å². The van der Waals surface area contributed by atoms with Crippen LogP contribution in [-0.2, 0) is 14.0 Å². The fraction of sp³-hybridized carbons (Fsp3) is 0.625. The van der Waals surface area contributed by atoms with Crippen molar-refractivity contribution in [3.8, 4) is 0 Å². The standard InChI is InChI=1S/C16H23BClNO3/c1-15(2)16(3,4)22-17(21-15)12-7-11(8-13(18)9-12)14-10-20-6-5-19-14/h7-9,14,19H,5-6,10H2,1-4H3/t14-/m0/s1. The molecular formula is C16H23BClNO3. The molecule has 2 saturated heterocycles. The molecule has 2 fully saturated rings. The first-order valence-electron chi connectivity index (χ1n) is 7.76. The minimum absolute atomic E-state index is 0.161. The molecule has 0 aromatic heterocycles. The summed E-state index contributed by atoms with van der Waals surface area (Å²) in [6.45, 7) is 10.5. The van der Waals surface area contributed by atoms with Crippen LogP contribution in [0.3, 0.4) is 0 Å². The molecular weight excluding hydrogens is 300 g/mol. The van der Waals surface area contributed by atoms with Gasteiger partial charge in [0.2, 0.25) is 0 Å². The Morgan fingerprint density at radius 1 is 1.14 bits per heavy atom. The Balaban J connectivity index is 1.87. The maximum Gasteiger partial charge on any atom is 0.494 e. The van der Waals surface area contributed by atoms with Crippen LogP contribution in [0.15, 0.2) is 18.2 Å². The van der Waals surface area contributed by atoms with Crippen molar-refractivity contribution < 1.29 is 14.0 Å². The molecule has 0 saturated carbocycles. The zero-order valence-electron chi connectivity index (χ0n) is 13.6. The van der Waals surface area contributed by atoms with Gasteiger partial charge in [-0.05, 0) is 50.9 Å². The lowest BCUT2D eigenvalue weighted by atomic mass is 9.78. The third-order valence-corrected chi connectivity index (χ3v) is 5.01. The molecule has 0 aliphatic carbocycles. The monoisotopic (exact) mass is 323 g/mol. The second-order valence-electron chi connectivity index (χ2n) is 6.99.